The van der Waals surface area contributed by atoms with Crippen molar-refractivity contribution in [1.29, 1.82) is 0 Å². The molecule has 106 valence electrons. The van der Waals surface area contributed by atoms with Crippen LogP contribution in [-0.4, -0.2) is 32.5 Å². The third kappa shape index (κ3) is 3.72. The standard InChI is InChI=1S/C13H22N4OS/c1-9-5-4-6-11(10(9)2)15-12(18)7-19-13-16-14-8-17(13)3/h8-11H,4-7H2,1-3H3,(H,15,18)/t9-,10-,11-/m1/s1. The average Bonchev–Trinajstić information content (AvgIpc) is 2.78. The number of hydrogen-bond donors (Lipinski definition) is 1. The van der Waals surface area contributed by atoms with E-state index >= 15 is 0 Å². The maximum atomic E-state index is 12.0. The van der Waals surface area contributed by atoms with Crippen molar-refractivity contribution in [2.75, 3.05) is 5.75 Å². The Bertz CT molecular complexity index is 434. The van der Waals surface area contributed by atoms with Gasteiger partial charge in [-0.15, -0.1) is 10.2 Å². The first-order valence-corrected chi connectivity index (χ1v) is 7.82. The molecule has 1 heterocycles. The zero-order chi connectivity index (χ0) is 13.8. The fraction of sp³-hybridized carbons (Fsp3) is 0.769. The van der Waals surface area contributed by atoms with Crippen molar-refractivity contribution < 1.29 is 4.79 Å². The van der Waals surface area contributed by atoms with Gasteiger partial charge in [-0.2, -0.15) is 0 Å². The summed E-state index contributed by atoms with van der Waals surface area (Å²) in [5.41, 5.74) is 0. The number of carbonyl (C=O) groups excluding carboxylic acids is 1. The van der Waals surface area contributed by atoms with Gasteiger partial charge in [0.25, 0.3) is 0 Å². The number of aryl methyl sites for hydroxylation is 1. The molecule has 1 N–H and O–H groups in total. The minimum Gasteiger partial charge on any atom is -0.352 e. The lowest BCUT2D eigenvalue weighted by Crippen LogP contribution is -2.44. The lowest BCUT2D eigenvalue weighted by atomic mass is 9.78. The molecule has 0 aromatic carbocycles. The number of nitrogens with zero attached hydrogens (tertiary/aromatic N) is 3. The molecule has 0 bridgehead atoms. The fourth-order valence-corrected chi connectivity index (χ4v) is 3.27. The Kier molecular flexibility index (Phi) is 4.85. The third-order valence-electron chi connectivity index (χ3n) is 4.06. The van der Waals surface area contributed by atoms with Crippen LogP contribution in [0.1, 0.15) is 33.1 Å². The molecule has 0 radical (unpaired) electrons. The summed E-state index contributed by atoms with van der Waals surface area (Å²) in [5.74, 6) is 1.77. The SMILES string of the molecule is C[C@@H]1[C@H](C)CCC[C@H]1NC(=O)CSc1nncn1C. The van der Waals surface area contributed by atoms with Crippen LogP contribution < -0.4 is 5.32 Å². The second-order valence-corrected chi connectivity index (χ2v) is 6.40. The van der Waals surface area contributed by atoms with E-state index in [9.17, 15) is 4.79 Å². The van der Waals surface area contributed by atoms with Gasteiger partial charge < -0.3 is 9.88 Å². The molecule has 1 aromatic heterocycles. The van der Waals surface area contributed by atoms with E-state index in [0.29, 0.717) is 23.6 Å². The van der Waals surface area contributed by atoms with E-state index in [1.54, 1.807) is 6.33 Å². The molecule has 1 aliphatic carbocycles. The summed E-state index contributed by atoms with van der Waals surface area (Å²) in [5, 5.41) is 11.7. The number of thioether (sulfide) groups is 1. The Hall–Kier alpha value is -1.04. The summed E-state index contributed by atoms with van der Waals surface area (Å²) in [6, 6.07) is 0.330. The number of nitrogens with one attached hydrogen (secondary N) is 1. The first-order valence-electron chi connectivity index (χ1n) is 6.84. The predicted molar refractivity (Wildman–Crippen MR) is 75.8 cm³/mol. The van der Waals surface area contributed by atoms with Crippen LogP contribution in [-0.2, 0) is 11.8 Å². The molecule has 2 rings (SSSR count). The number of aromatic nitrogens is 3. The molecule has 1 saturated carbocycles. The Balaban J connectivity index is 1.79. The molecule has 0 unspecified atom stereocenters. The Morgan fingerprint density at radius 1 is 1.53 bits per heavy atom. The molecule has 19 heavy (non-hydrogen) atoms. The Morgan fingerprint density at radius 2 is 2.32 bits per heavy atom. The summed E-state index contributed by atoms with van der Waals surface area (Å²) in [4.78, 5) is 12.0. The van der Waals surface area contributed by atoms with Crippen LogP contribution in [0.2, 0.25) is 0 Å². The van der Waals surface area contributed by atoms with Crippen LogP contribution >= 0.6 is 11.8 Å². The molecule has 5 nitrogen and oxygen atoms in total. The number of hydrogen-bond acceptors (Lipinski definition) is 4. The minimum atomic E-state index is 0.0963. The molecular formula is C13H22N4OS. The van der Waals surface area contributed by atoms with E-state index in [2.05, 4.69) is 29.4 Å². The molecule has 1 aromatic rings. The fourth-order valence-electron chi connectivity index (χ4n) is 2.57. The summed E-state index contributed by atoms with van der Waals surface area (Å²) >= 11 is 1.43. The van der Waals surface area contributed by atoms with Crippen molar-refractivity contribution >= 4 is 17.7 Å². The van der Waals surface area contributed by atoms with Gasteiger partial charge in [0.1, 0.15) is 6.33 Å². The van der Waals surface area contributed by atoms with Crippen molar-refractivity contribution in [3.63, 3.8) is 0 Å². The zero-order valence-electron chi connectivity index (χ0n) is 11.8. The largest absolute Gasteiger partial charge is 0.352 e. The molecule has 3 atom stereocenters. The van der Waals surface area contributed by atoms with Crippen molar-refractivity contribution in [2.24, 2.45) is 18.9 Å². The van der Waals surface area contributed by atoms with Gasteiger partial charge in [0.2, 0.25) is 5.91 Å². The van der Waals surface area contributed by atoms with Crippen LogP contribution in [0, 0.1) is 11.8 Å². The van der Waals surface area contributed by atoms with Crippen LogP contribution in [0.15, 0.2) is 11.5 Å². The van der Waals surface area contributed by atoms with E-state index in [1.165, 1.54) is 24.6 Å². The second kappa shape index (κ2) is 6.41. The monoisotopic (exact) mass is 282 g/mol. The van der Waals surface area contributed by atoms with Crippen molar-refractivity contribution in [1.82, 2.24) is 20.1 Å². The van der Waals surface area contributed by atoms with Crippen LogP contribution in [0.25, 0.3) is 0 Å². The average molecular weight is 282 g/mol. The van der Waals surface area contributed by atoms with Gasteiger partial charge in [-0.05, 0) is 18.3 Å². The van der Waals surface area contributed by atoms with Gasteiger partial charge in [0.15, 0.2) is 5.16 Å². The molecule has 1 amide bonds. The lowest BCUT2D eigenvalue weighted by molar-refractivity contribution is -0.120. The van der Waals surface area contributed by atoms with Gasteiger partial charge in [-0.1, -0.05) is 38.5 Å². The minimum absolute atomic E-state index is 0.0963. The highest BCUT2D eigenvalue weighted by molar-refractivity contribution is 7.99. The van der Waals surface area contributed by atoms with Crippen LogP contribution in [0.5, 0.6) is 0 Å². The normalized spacial score (nSPS) is 27.2. The van der Waals surface area contributed by atoms with Gasteiger partial charge >= 0.3 is 0 Å². The van der Waals surface area contributed by atoms with E-state index in [-0.39, 0.29) is 5.91 Å². The van der Waals surface area contributed by atoms with Crippen LogP contribution in [0.4, 0.5) is 0 Å². The summed E-state index contributed by atoms with van der Waals surface area (Å²) in [7, 11) is 1.88. The van der Waals surface area contributed by atoms with Gasteiger partial charge in [0, 0.05) is 13.1 Å². The number of rotatable bonds is 4. The van der Waals surface area contributed by atoms with Gasteiger partial charge in [0.05, 0.1) is 5.75 Å². The zero-order valence-corrected chi connectivity index (χ0v) is 12.6. The van der Waals surface area contributed by atoms with Crippen molar-refractivity contribution in [3.05, 3.63) is 6.33 Å². The molecule has 1 fully saturated rings. The third-order valence-corrected chi connectivity index (χ3v) is 5.09. The number of carbonyl (C=O) groups is 1. The summed E-state index contributed by atoms with van der Waals surface area (Å²) in [6.45, 7) is 4.52. The van der Waals surface area contributed by atoms with E-state index in [1.807, 2.05) is 11.6 Å². The highest BCUT2D eigenvalue weighted by Crippen LogP contribution is 2.29. The Morgan fingerprint density at radius 3 is 3.00 bits per heavy atom. The molecular weight excluding hydrogens is 260 g/mol. The van der Waals surface area contributed by atoms with Gasteiger partial charge in [-0.25, -0.2) is 0 Å². The topological polar surface area (TPSA) is 59.8 Å². The molecule has 0 aliphatic heterocycles. The molecule has 0 spiro atoms. The first-order chi connectivity index (χ1) is 9.08. The number of amides is 1. The van der Waals surface area contributed by atoms with Crippen LogP contribution in [0.3, 0.4) is 0 Å². The molecule has 6 heteroatoms. The summed E-state index contributed by atoms with van der Waals surface area (Å²) in [6.07, 6.45) is 5.24. The highest BCUT2D eigenvalue weighted by atomic mass is 32.2. The smallest absolute Gasteiger partial charge is 0.230 e. The van der Waals surface area contributed by atoms with E-state index in [0.717, 1.165) is 11.6 Å². The van der Waals surface area contributed by atoms with Gasteiger partial charge in [-0.3, -0.25) is 4.79 Å². The second-order valence-electron chi connectivity index (χ2n) is 5.45. The Labute approximate surface area is 118 Å². The maximum absolute atomic E-state index is 12.0. The molecule has 0 saturated heterocycles. The first kappa shape index (κ1) is 14.4. The highest BCUT2D eigenvalue weighted by Gasteiger charge is 2.28. The molecule has 1 aliphatic rings. The van der Waals surface area contributed by atoms with E-state index < -0.39 is 0 Å². The quantitative estimate of drug-likeness (QED) is 0.856. The predicted octanol–water partition coefficient (Wildman–Crippen LogP) is 1.85. The maximum Gasteiger partial charge on any atom is 0.230 e. The lowest BCUT2D eigenvalue weighted by Gasteiger charge is -2.34. The van der Waals surface area contributed by atoms with Crippen molar-refractivity contribution in [2.45, 2.75) is 44.3 Å². The van der Waals surface area contributed by atoms with E-state index in [4.69, 9.17) is 0 Å². The van der Waals surface area contributed by atoms with Crippen molar-refractivity contribution in [3.8, 4) is 0 Å². The summed E-state index contributed by atoms with van der Waals surface area (Å²) < 4.78 is 1.82.